The van der Waals surface area contributed by atoms with Gasteiger partial charge < -0.3 is 37.6 Å². The number of benzene rings is 6. The smallest absolute Gasteiger partial charge is 0.344 e. The maximum atomic E-state index is 14.2. The summed E-state index contributed by atoms with van der Waals surface area (Å²) >= 11 is 0. The lowest BCUT2D eigenvalue weighted by Crippen LogP contribution is -2.34. The number of methoxy groups -OCH3 is 2. The van der Waals surface area contributed by atoms with E-state index in [1.807, 2.05) is 113 Å². The maximum absolute atomic E-state index is 14.2. The van der Waals surface area contributed by atoms with Gasteiger partial charge in [0.25, 0.3) is 0 Å². The largest absolute Gasteiger partial charge is 0.465 e. The van der Waals surface area contributed by atoms with E-state index in [0.29, 0.717) is 116 Å². The summed E-state index contributed by atoms with van der Waals surface area (Å²) in [6.45, 7) is 22.8. The molecule has 0 unspecified atom stereocenters. The van der Waals surface area contributed by atoms with Crippen LogP contribution in [0.15, 0.2) is 118 Å². The normalized spacial score (nSPS) is 11.3. The molecule has 4 aromatic rings. The van der Waals surface area contributed by atoms with E-state index in [1.54, 1.807) is 12.1 Å². The molecular weight excluding hydrogens is 1050 g/mol. The molecule has 0 saturated carbocycles. The molecule has 2 heterocycles. The Morgan fingerprint density at radius 1 is 0.450 bits per heavy atom. The fourth-order valence-electron chi connectivity index (χ4n) is 10.5. The third-order valence-corrected chi connectivity index (χ3v) is 17.0. The fraction of sp³-hybridized carbons (Fsp3) is 0.344. The average Bonchev–Trinajstić information content (AvgIpc) is 3.69. The number of anilines is 2. The third kappa shape index (κ3) is 12.1. The minimum absolute atomic E-state index is 0.131. The Morgan fingerprint density at radius 2 is 0.825 bits per heavy atom. The molecule has 0 N–H and O–H groups in total. The Labute approximate surface area is 476 Å². The van der Waals surface area contributed by atoms with Crippen molar-refractivity contribution in [1.82, 2.24) is 9.15 Å². The first-order valence-corrected chi connectivity index (χ1v) is 30.1. The first-order chi connectivity index (χ1) is 38.9. The van der Waals surface area contributed by atoms with Crippen LogP contribution in [0.4, 0.5) is 11.4 Å². The predicted molar refractivity (Wildman–Crippen MR) is 325 cm³/mol. The molecule has 0 radical (unpaired) electrons. The van der Waals surface area contributed by atoms with Gasteiger partial charge in [-0.25, -0.2) is 28.3 Å². The molecule has 0 spiro atoms. The molecule has 2 aliphatic heterocycles. The van der Waals surface area contributed by atoms with Gasteiger partial charge in [-0.3, -0.25) is 0 Å². The number of fused-ring (bicyclic) bond motifs is 4. The van der Waals surface area contributed by atoms with E-state index in [2.05, 4.69) is 58.8 Å². The first kappa shape index (κ1) is 58.6. The quantitative estimate of drug-likeness (QED) is 0.0150. The molecule has 16 heteroatoms. The second-order valence-electron chi connectivity index (χ2n) is 18.7. The van der Waals surface area contributed by atoms with Crippen molar-refractivity contribution in [2.45, 2.75) is 55.4 Å². The van der Waals surface area contributed by atoms with E-state index < -0.39 is 23.9 Å². The topological polar surface area (TPSA) is 144 Å². The zero-order valence-electron chi connectivity index (χ0n) is 47.6. The highest BCUT2D eigenvalue weighted by atomic mass is 33.1. The van der Waals surface area contributed by atoms with E-state index in [-0.39, 0.29) is 13.2 Å². The van der Waals surface area contributed by atoms with Gasteiger partial charge >= 0.3 is 23.9 Å². The summed E-state index contributed by atoms with van der Waals surface area (Å²) in [5.41, 5.74) is 8.88. The number of hydrogen-bond donors (Lipinski definition) is 0. The van der Waals surface area contributed by atoms with Gasteiger partial charge in [0.1, 0.15) is 73.2 Å². The summed E-state index contributed by atoms with van der Waals surface area (Å²) in [6.07, 6.45) is 0. The highest BCUT2D eigenvalue weighted by Gasteiger charge is 2.30. The number of hydrogen-bond acceptors (Lipinski definition) is 14. The van der Waals surface area contributed by atoms with Gasteiger partial charge in [-0.05, 0) is 115 Å². The standard InChI is InChI=1S/C64H72N4O10S2/c1-11-65(12-2)41-27-29-47-55(35-41)77-57-39-53(67(15-5)16-6)49(61(69)73-9)37-51(57)59(47)43-23-19-21-25-45(43)63(71)75-31-33-79-80-34-32-76-64(72)46-26-22-20-24-44(46)60-48-30-28-42(66(13-3)14-4)36-56(48)78-58-40-54(68(17-7)18-8)50(38-52(58)60)62(70)74-10/h19-30,35-40H,11-18,31-34H2,1-10H3/q+2. The van der Waals surface area contributed by atoms with Crippen molar-refractivity contribution in [3.05, 3.63) is 142 Å². The lowest BCUT2D eigenvalue weighted by molar-refractivity contribution is 0.0521. The Hall–Kier alpha value is -7.56. The molecule has 80 heavy (non-hydrogen) atoms. The summed E-state index contributed by atoms with van der Waals surface area (Å²) < 4.78 is 40.1. The monoisotopic (exact) mass is 1120 g/mol. The minimum atomic E-state index is -0.489. The zero-order chi connectivity index (χ0) is 57.0. The zero-order valence-corrected chi connectivity index (χ0v) is 49.2. The van der Waals surface area contributed by atoms with Crippen LogP contribution in [0, 0.1) is 0 Å². The van der Waals surface area contributed by atoms with Gasteiger partial charge in [-0.15, -0.1) is 0 Å². The highest BCUT2D eigenvalue weighted by Crippen LogP contribution is 2.45. The maximum Gasteiger partial charge on any atom is 0.344 e. The lowest BCUT2D eigenvalue weighted by atomic mass is 9.89. The second kappa shape index (κ2) is 27.1. The van der Waals surface area contributed by atoms with Crippen molar-refractivity contribution >= 4 is 78.8 Å². The lowest BCUT2D eigenvalue weighted by Gasteiger charge is -2.23. The number of nitrogens with zero attached hydrogens (tertiary/aromatic N) is 4. The number of ether oxygens (including phenoxy) is 4. The van der Waals surface area contributed by atoms with Crippen LogP contribution >= 0.6 is 21.6 Å². The molecule has 2 aliphatic carbocycles. The van der Waals surface area contributed by atoms with Crippen LogP contribution in [0.25, 0.3) is 66.8 Å². The minimum Gasteiger partial charge on any atom is -0.465 e. The van der Waals surface area contributed by atoms with Crippen molar-refractivity contribution < 1.29 is 47.0 Å². The van der Waals surface area contributed by atoms with E-state index >= 15 is 0 Å². The average molecular weight is 1120 g/mol. The summed E-state index contributed by atoms with van der Waals surface area (Å²) in [6, 6.07) is 34.3. The predicted octanol–water partition coefficient (Wildman–Crippen LogP) is 12.0. The van der Waals surface area contributed by atoms with Crippen LogP contribution < -0.4 is 29.7 Å². The molecule has 0 atom stereocenters. The van der Waals surface area contributed by atoms with Crippen LogP contribution in [0.5, 0.6) is 0 Å². The first-order valence-electron chi connectivity index (χ1n) is 27.6. The van der Waals surface area contributed by atoms with Gasteiger partial charge in [0.15, 0.2) is 0 Å². The third-order valence-electron chi connectivity index (χ3n) is 14.6. The summed E-state index contributed by atoms with van der Waals surface area (Å²) in [7, 11) is 5.77. The molecule has 0 amide bonds. The van der Waals surface area contributed by atoms with E-state index in [1.165, 1.54) is 35.8 Å². The highest BCUT2D eigenvalue weighted by molar-refractivity contribution is 8.76. The van der Waals surface area contributed by atoms with Crippen LogP contribution in [-0.4, -0.2) is 115 Å². The molecule has 14 nitrogen and oxygen atoms in total. The van der Waals surface area contributed by atoms with Gasteiger partial charge in [-0.2, -0.15) is 0 Å². The molecule has 0 fully saturated rings. The Balaban J connectivity index is 1.00. The van der Waals surface area contributed by atoms with Gasteiger partial charge in [0.2, 0.25) is 10.7 Å². The van der Waals surface area contributed by atoms with Crippen molar-refractivity contribution in [1.29, 1.82) is 0 Å². The summed E-state index contributed by atoms with van der Waals surface area (Å²) in [4.78, 5) is 59.7. The van der Waals surface area contributed by atoms with Crippen molar-refractivity contribution in [2.75, 3.05) is 101 Å². The van der Waals surface area contributed by atoms with Crippen LogP contribution in [0.3, 0.4) is 0 Å². The molecule has 4 aliphatic rings. The van der Waals surface area contributed by atoms with E-state index in [0.717, 1.165) is 59.5 Å². The molecule has 0 aromatic heterocycles. The second-order valence-corrected chi connectivity index (χ2v) is 21.4. The fourth-order valence-corrected chi connectivity index (χ4v) is 12.2. The Morgan fingerprint density at radius 3 is 1.18 bits per heavy atom. The molecule has 0 saturated heterocycles. The van der Waals surface area contributed by atoms with Crippen LogP contribution in [0.1, 0.15) is 96.8 Å². The van der Waals surface area contributed by atoms with Gasteiger partial charge in [-0.1, -0.05) is 58.0 Å². The number of carbonyl (C=O) groups excluding carboxylic acids is 4. The van der Waals surface area contributed by atoms with Crippen LogP contribution in [-0.2, 0) is 18.9 Å². The molecular formula is C64H72N4O10S2+2. The number of carbonyl (C=O) groups is 4. The summed E-state index contributed by atoms with van der Waals surface area (Å²) in [5.74, 6) is 0.155. The molecule has 8 rings (SSSR count). The van der Waals surface area contributed by atoms with Crippen molar-refractivity contribution in [3.63, 3.8) is 0 Å². The van der Waals surface area contributed by atoms with Gasteiger partial charge in [0, 0.05) is 94.2 Å². The van der Waals surface area contributed by atoms with Crippen molar-refractivity contribution in [3.8, 4) is 44.9 Å². The molecule has 0 bridgehead atoms. The Kier molecular flexibility index (Phi) is 19.8. The molecule has 4 aromatic carbocycles. The van der Waals surface area contributed by atoms with Crippen LogP contribution in [0.2, 0.25) is 0 Å². The SMILES string of the molecule is CCN(CC)c1ccc2c(-c3ccccc3C(=O)OCCSSCCOC(=O)c3ccccc3-c3c4cc(C(=O)OC)c(=[N+](CC)CC)cc-4oc4cc(N(CC)CC)ccc34)c3cc(C(=O)OC)c(=[N+](CC)CC)cc-3oc2c1. The van der Waals surface area contributed by atoms with E-state index in [4.69, 9.17) is 27.8 Å². The van der Waals surface area contributed by atoms with Gasteiger partial charge in [0.05, 0.1) is 37.5 Å². The van der Waals surface area contributed by atoms with E-state index in [9.17, 15) is 19.2 Å². The number of rotatable bonds is 23. The number of esters is 4. The summed E-state index contributed by atoms with van der Waals surface area (Å²) in [5, 5.41) is 2.95. The molecule has 418 valence electrons. The Bertz CT molecular complexity index is 3400. The van der Waals surface area contributed by atoms with Crippen molar-refractivity contribution in [2.24, 2.45) is 0 Å².